The van der Waals surface area contributed by atoms with Crippen molar-refractivity contribution >= 4 is 22.5 Å². The number of anilines is 1. The molecule has 0 spiro atoms. The van der Waals surface area contributed by atoms with E-state index in [4.69, 9.17) is 0 Å². The van der Waals surface area contributed by atoms with Crippen LogP contribution in [0.25, 0.3) is 10.9 Å². The molecule has 3 aromatic rings. The molecule has 0 atom stereocenters. The number of hydrogen-bond donors (Lipinski definition) is 2. The van der Waals surface area contributed by atoms with Gasteiger partial charge in [-0.3, -0.25) is 9.78 Å². The lowest BCUT2D eigenvalue weighted by molar-refractivity contribution is -0.136. The van der Waals surface area contributed by atoms with Crippen LogP contribution < -0.4 is 5.32 Å². The third-order valence-corrected chi connectivity index (χ3v) is 3.47. The standard InChI is InChI=1S/C17H11F3N2O2/c18-17(19,20)12-5-1-2-6-13(12)22-16(24)11-8-7-10-4-3-9-21-14(10)15(11)23/h1-9,23H,(H,22,24). The molecule has 0 aliphatic heterocycles. The number of fused-ring (bicyclic) bond motifs is 1. The van der Waals surface area contributed by atoms with Crippen molar-refractivity contribution in [1.29, 1.82) is 0 Å². The number of alkyl halides is 3. The Morgan fingerprint density at radius 1 is 1.04 bits per heavy atom. The molecule has 3 rings (SSSR count). The first-order valence-electron chi connectivity index (χ1n) is 6.92. The first-order chi connectivity index (χ1) is 11.4. The van der Waals surface area contributed by atoms with Crippen molar-refractivity contribution in [2.24, 2.45) is 0 Å². The van der Waals surface area contributed by atoms with E-state index in [2.05, 4.69) is 10.3 Å². The van der Waals surface area contributed by atoms with Gasteiger partial charge >= 0.3 is 6.18 Å². The summed E-state index contributed by atoms with van der Waals surface area (Å²) in [6.07, 6.45) is -3.15. The highest BCUT2D eigenvalue weighted by molar-refractivity contribution is 6.09. The number of nitrogens with one attached hydrogen (secondary N) is 1. The average Bonchev–Trinajstić information content (AvgIpc) is 2.55. The second-order valence-electron chi connectivity index (χ2n) is 5.03. The zero-order valence-corrected chi connectivity index (χ0v) is 12.1. The van der Waals surface area contributed by atoms with E-state index in [-0.39, 0.29) is 22.5 Å². The number of nitrogens with zero attached hydrogens (tertiary/aromatic N) is 1. The topological polar surface area (TPSA) is 62.2 Å². The Balaban J connectivity index is 1.99. The van der Waals surface area contributed by atoms with Crippen molar-refractivity contribution in [3.63, 3.8) is 0 Å². The van der Waals surface area contributed by atoms with Crippen LogP contribution in [0.3, 0.4) is 0 Å². The molecule has 2 N–H and O–H groups in total. The monoisotopic (exact) mass is 332 g/mol. The third-order valence-electron chi connectivity index (χ3n) is 3.47. The summed E-state index contributed by atoms with van der Waals surface area (Å²) in [7, 11) is 0. The average molecular weight is 332 g/mol. The van der Waals surface area contributed by atoms with E-state index in [0.717, 1.165) is 12.1 Å². The van der Waals surface area contributed by atoms with E-state index in [1.807, 2.05) is 0 Å². The van der Waals surface area contributed by atoms with Gasteiger partial charge in [-0.05, 0) is 24.3 Å². The van der Waals surface area contributed by atoms with Crippen molar-refractivity contribution in [2.75, 3.05) is 5.32 Å². The van der Waals surface area contributed by atoms with E-state index < -0.39 is 17.6 Å². The highest BCUT2D eigenvalue weighted by atomic mass is 19.4. The van der Waals surface area contributed by atoms with Crippen molar-refractivity contribution in [3.05, 3.63) is 65.9 Å². The fourth-order valence-corrected chi connectivity index (χ4v) is 2.34. The lowest BCUT2D eigenvalue weighted by atomic mass is 10.1. The number of rotatable bonds is 2. The normalized spacial score (nSPS) is 11.5. The molecule has 0 saturated heterocycles. The van der Waals surface area contributed by atoms with Crippen LogP contribution in [-0.4, -0.2) is 16.0 Å². The molecule has 122 valence electrons. The number of phenolic OH excluding ortho intramolecular Hbond substituents is 1. The van der Waals surface area contributed by atoms with Crippen LogP contribution in [0.4, 0.5) is 18.9 Å². The Hall–Kier alpha value is -3.09. The smallest absolute Gasteiger partial charge is 0.418 e. The third kappa shape index (κ3) is 2.88. The van der Waals surface area contributed by atoms with Gasteiger partial charge in [0.15, 0.2) is 5.75 Å². The molecule has 7 heteroatoms. The van der Waals surface area contributed by atoms with Gasteiger partial charge in [0.1, 0.15) is 5.52 Å². The van der Waals surface area contributed by atoms with Gasteiger partial charge in [-0.25, -0.2) is 0 Å². The minimum Gasteiger partial charge on any atom is -0.505 e. The minimum atomic E-state index is -4.60. The quantitative estimate of drug-likeness (QED) is 0.739. The molecular weight excluding hydrogens is 321 g/mol. The number of para-hydroxylation sites is 1. The van der Waals surface area contributed by atoms with Crippen LogP contribution >= 0.6 is 0 Å². The molecule has 1 heterocycles. The van der Waals surface area contributed by atoms with Gasteiger partial charge in [0.25, 0.3) is 5.91 Å². The Morgan fingerprint density at radius 3 is 2.54 bits per heavy atom. The molecule has 0 bridgehead atoms. The molecule has 1 aromatic heterocycles. The number of phenols is 1. The lowest BCUT2D eigenvalue weighted by Gasteiger charge is -2.14. The van der Waals surface area contributed by atoms with Crippen molar-refractivity contribution in [2.45, 2.75) is 6.18 Å². The maximum absolute atomic E-state index is 13.0. The zero-order chi connectivity index (χ0) is 17.3. The second kappa shape index (κ2) is 5.84. The predicted octanol–water partition coefficient (Wildman–Crippen LogP) is 4.21. The number of benzene rings is 2. The SMILES string of the molecule is O=C(Nc1ccccc1C(F)(F)F)c1ccc2cccnc2c1O. The Kier molecular flexibility index (Phi) is 3.84. The second-order valence-corrected chi connectivity index (χ2v) is 5.03. The summed E-state index contributed by atoms with van der Waals surface area (Å²) in [5, 5.41) is 13.0. The number of hydrogen-bond acceptors (Lipinski definition) is 3. The van der Waals surface area contributed by atoms with Gasteiger partial charge in [-0.2, -0.15) is 13.2 Å². The summed E-state index contributed by atoms with van der Waals surface area (Å²) in [6, 6.07) is 10.9. The molecule has 24 heavy (non-hydrogen) atoms. The molecule has 0 fully saturated rings. The summed E-state index contributed by atoms with van der Waals surface area (Å²) in [5.41, 5.74) is -1.29. The van der Waals surface area contributed by atoms with Crippen LogP contribution in [0.1, 0.15) is 15.9 Å². The maximum atomic E-state index is 13.0. The fraction of sp³-hybridized carbons (Fsp3) is 0.0588. The van der Waals surface area contributed by atoms with E-state index >= 15 is 0 Å². The van der Waals surface area contributed by atoms with Gasteiger partial charge < -0.3 is 10.4 Å². The summed E-state index contributed by atoms with van der Waals surface area (Å²) >= 11 is 0. The number of amides is 1. The first kappa shape index (κ1) is 15.8. The van der Waals surface area contributed by atoms with Crippen molar-refractivity contribution < 1.29 is 23.1 Å². The van der Waals surface area contributed by atoms with Crippen LogP contribution in [0, 0.1) is 0 Å². The summed E-state index contributed by atoms with van der Waals surface area (Å²) in [4.78, 5) is 16.3. The molecule has 0 saturated carbocycles. The molecule has 4 nitrogen and oxygen atoms in total. The number of halogens is 3. The van der Waals surface area contributed by atoms with Gasteiger partial charge in [0.2, 0.25) is 0 Å². The van der Waals surface area contributed by atoms with E-state index in [0.29, 0.717) is 5.39 Å². The molecule has 0 aliphatic rings. The fourth-order valence-electron chi connectivity index (χ4n) is 2.34. The van der Waals surface area contributed by atoms with E-state index in [1.54, 1.807) is 18.2 Å². The summed E-state index contributed by atoms with van der Waals surface area (Å²) in [6.45, 7) is 0. The minimum absolute atomic E-state index is 0.154. The maximum Gasteiger partial charge on any atom is 0.418 e. The molecule has 1 amide bonds. The Labute approximate surface area is 134 Å². The zero-order valence-electron chi connectivity index (χ0n) is 12.1. The largest absolute Gasteiger partial charge is 0.505 e. The van der Waals surface area contributed by atoms with Crippen LogP contribution in [0.15, 0.2) is 54.7 Å². The van der Waals surface area contributed by atoms with Crippen LogP contribution in [-0.2, 0) is 6.18 Å². The van der Waals surface area contributed by atoms with Crippen molar-refractivity contribution in [1.82, 2.24) is 4.98 Å². The molecule has 0 radical (unpaired) electrons. The van der Waals surface area contributed by atoms with E-state index in [1.165, 1.54) is 24.4 Å². The number of pyridine rings is 1. The lowest BCUT2D eigenvalue weighted by Crippen LogP contribution is -2.16. The highest BCUT2D eigenvalue weighted by Crippen LogP contribution is 2.35. The number of carbonyl (C=O) groups is 1. The summed E-state index contributed by atoms with van der Waals surface area (Å²) in [5.74, 6) is -1.23. The van der Waals surface area contributed by atoms with E-state index in [9.17, 15) is 23.1 Å². The van der Waals surface area contributed by atoms with Crippen LogP contribution in [0.5, 0.6) is 5.75 Å². The molecule has 2 aromatic carbocycles. The predicted molar refractivity (Wildman–Crippen MR) is 82.8 cm³/mol. The van der Waals surface area contributed by atoms with Gasteiger partial charge in [-0.15, -0.1) is 0 Å². The number of aromatic hydroxyl groups is 1. The Morgan fingerprint density at radius 2 is 1.79 bits per heavy atom. The van der Waals surface area contributed by atoms with Crippen LogP contribution in [0.2, 0.25) is 0 Å². The summed E-state index contributed by atoms with van der Waals surface area (Å²) < 4.78 is 38.9. The number of carbonyl (C=O) groups excluding carboxylic acids is 1. The van der Waals surface area contributed by atoms with Gasteiger partial charge in [0.05, 0.1) is 16.8 Å². The highest BCUT2D eigenvalue weighted by Gasteiger charge is 2.33. The first-order valence-corrected chi connectivity index (χ1v) is 6.92. The Bertz CT molecular complexity index is 923. The molecule has 0 unspecified atom stereocenters. The van der Waals surface area contributed by atoms with Gasteiger partial charge in [-0.1, -0.05) is 24.3 Å². The number of aromatic nitrogens is 1. The van der Waals surface area contributed by atoms with Crippen molar-refractivity contribution in [3.8, 4) is 5.75 Å². The van der Waals surface area contributed by atoms with Gasteiger partial charge in [0, 0.05) is 11.6 Å². The molecular formula is C17H11F3N2O2. The molecule has 0 aliphatic carbocycles.